The third-order valence-corrected chi connectivity index (χ3v) is 3.06. The molecule has 0 saturated carbocycles. The van der Waals surface area contributed by atoms with Gasteiger partial charge in [-0.05, 0) is 17.8 Å². The second-order valence-corrected chi connectivity index (χ2v) is 4.32. The molecule has 0 unspecified atom stereocenters. The molecule has 0 aliphatic heterocycles. The molecule has 0 bridgehead atoms. The van der Waals surface area contributed by atoms with Crippen LogP contribution in [0.3, 0.4) is 0 Å². The van der Waals surface area contributed by atoms with Crippen LogP contribution < -0.4 is 0 Å². The van der Waals surface area contributed by atoms with E-state index in [1.165, 1.54) is 5.56 Å². The second-order valence-electron chi connectivity index (χ2n) is 2.78. The highest BCUT2D eigenvalue weighted by atomic mass is 32.1. The van der Waals surface area contributed by atoms with Crippen LogP contribution in [0.2, 0.25) is 0 Å². The van der Waals surface area contributed by atoms with E-state index >= 15 is 0 Å². The van der Waals surface area contributed by atoms with Gasteiger partial charge in [0.1, 0.15) is 0 Å². The van der Waals surface area contributed by atoms with E-state index < -0.39 is 0 Å². The van der Waals surface area contributed by atoms with Gasteiger partial charge in [0.15, 0.2) is 3.95 Å². The maximum absolute atomic E-state index is 5.17. The Kier molecular flexibility index (Phi) is 2.57. The number of aromatic nitrogens is 1. The predicted molar refractivity (Wildman–Crippen MR) is 58.7 cm³/mol. The van der Waals surface area contributed by atoms with Crippen molar-refractivity contribution < 1.29 is 0 Å². The zero-order valence-electron chi connectivity index (χ0n) is 7.01. The fourth-order valence-corrected chi connectivity index (χ4v) is 2.07. The molecule has 0 N–H and O–H groups in total. The lowest BCUT2D eigenvalue weighted by Crippen LogP contribution is -1.96. The van der Waals surface area contributed by atoms with Crippen LogP contribution in [0.1, 0.15) is 5.56 Å². The zero-order chi connectivity index (χ0) is 9.10. The molecule has 0 amide bonds. The van der Waals surface area contributed by atoms with E-state index in [9.17, 15) is 0 Å². The van der Waals surface area contributed by atoms with Crippen molar-refractivity contribution in [1.82, 2.24) is 4.57 Å². The average molecular weight is 207 g/mol. The fourth-order valence-electron chi connectivity index (χ4n) is 1.19. The minimum Gasteiger partial charge on any atom is -0.326 e. The van der Waals surface area contributed by atoms with Gasteiger partial charge in [0.05, 0.1) is 0 Å². The highest BCUT2D eigenvalue weighted by molar-refractivity contribution is 7.73. The molecular formula is C10H9NS2. The SMILES string of the molecule is S=c1sccn1Cc1ccccc1. The largest absolute Gasteiger partial charge is 0.326 e. The number of benzene rings is 1. The van der Waals surface area contributed by atoms with E-state index in [2.05, 4.69) is 16.7 Å². The maximum Gasteiger partial charge on any atom is 0.161 e. The Morgan fingerprint density at radius 2 is 2.00 bits per heavy atom. The summed E-state index contributed by atoms with van der Waals surface area (Å²) in [7, 11) is 0. The van der Waals surface area contributed by atoms with Gasteiger partial charge in [-0.1, -0.05) is 30.3 Å². The first-order chi connectivity index (χ1) is 6.36. The summed E-state index contributed by atoms with van der Waals surface area (Å²) in [5.41, 5.74) is 1.29. The molecular weight excluding hydrogens is 198 g/mol. The molecule has 66 valence electrons. The molecule has 1 aromatic heterocycles. The monoisotopic (exact) mass is 207 g/mol. The molecule has 1 heterocycles. The number of hydrogen-bond donors (Lipinski definition) is 0. The zero-order valence-corrected chi connectivity index (χ0v) is 8.65. The maximum atomic E-state index is 5.17. The van der Waals surface area contributed by atoms with Gasteiger partial charge < -0.3 is 4.57 Å². The van der Waals surface area contributed by atoms with Gasteiger partial charge in [-0.25, -0.2) is 0 Å². The molecule has 2 rings (SSSR count). The Balaban J connectivity index is 2.25. The van der Waals surface area contributed by atoms with Crippen LogP contribution in [0.25, 0.3) is 0 Å². The molecule has 1 aromatic carbocycles. The van der Waals surface area contributed by atoms with Crippen LogP contribution >= 0.6 is 23.6 Å². The summed E-state index contributed by atoms with van der Waals surface area (Å²) in [5, 5.41) is 2.02. The fraction of sp³-hybridized carbons (Fsp3) is 0.100. The number of nitrogens with zero attached hydrogens (tertiary/aromatic N) is 1. The highest BCUT2D eigenvalue weighted by Gasteiger charge is 1.94. The van der Waals surface area contributed by atoms with Crippen molar-refractivity contribution in [2.24, 2.45) is 0 Å². The minimum atomic E-state index is 0.878. The van der Waals surface area contributed by atoms with Gasteiger partial charge in [-0.3, -0.25) is 0 Å². The number of rotatable bonds is 2. The lowest BCUT2D eigenvalue weighted by atomic mass is 10.2. The molecule has 0 atom stereocenters. The lowest BCUT2D eigenvalue weighted by molar-refractivity contribution is 0.800. The Morgan fingerprint density at radius 1 is 1.23 bits per heavy atom. The van der Waals surface area contributed by atoms with Gasteiger partial charge >= 0.3 is 0 Å². The Labute approximate surface area is 86.3 Å². The third-order valence-electron chi connectivity index (χ3n) is 1.84. The number of thiazole rings is 1. The summed E-state index contributed by atoms with van der Waals surface area (Å²) in [4.78, 5) is 0. The van der Waals surface area contributed by atoms with Crippen LogP contribution in [0.4, 0.5) is 0 Å². The molecule has 13 heavy (non-hydrogen) atoms. The van der Waals surface area contributed by atoms with Crippen molar-refractivity contribution in [3.8, 4) is 0 Å². The number of hydrogen-bond acceptors (Lipinski definition) is 2. The van der Waals surface area contributed by atoms with Crippen molar-refractivity contribution in [3.05, 3.63) is 51.4 Å². The summed E-state index contributed by atoms with van der Waals surface area (Å²) < 4.78 is 3.01. The van der Waals surface area contributed by atoms with Crippen LogP contribution in [0.15, 0.2) is 41.9 Å². The van der Waals surface area contributed by atoms with Crippen LogP contribution in [0.5, 0.6) is 0 Å². The topological polar surface area (TPSA) is 4.93 Å². The molecule has 0 saturated heterocycles. The molecule has 2 aromatic rings. The smallest absolute Gasteiger partial charge is 0.161 e. The van der Waals surface area contributed by atoms with Gasteiger partial charge in [-0.2, -0.15) is 0 Å². The Hall–Kier alpha value is -0.930. The third kappa shape index (κ3) is 2.05. The Morgan fingerprint density at radius 3 is 2.62 bits per heavy atom. The van der Waals surface area contributed by atoms with Gasteiger partial charge in [0.25, 0.3) is 0 Å². The molecule has 0 aliphatic carbocycles. The quantitative estimate of drug-likeness (QED) is 0.684. The van der Waals surface area contributed by atoms with Crippen molar-refractivity contribution >= 4 is 23.6 Å². The molecule has 1 nitrogen and oxygen atoms in total. The van der Waals surface area contributed by atoms with E-state index in [0.717, 1.165) is 10.5 Å². The van der Waals surface area contributed by atoms with E-state index in [1.54, 1.807) is 11.3 Å². The molecule has 0 fully saturated rings. The Bertz CT molecular complexity index is 427. The summed E-state index contributed by atoms with van der Waals surface area (Å²) in [6, 6.07) is 10.3. The van der Waals surface area contributed by atoms with Crippen molar-refractivity contribution in [2.75, 3.05) is 0 Å². The summed E-state index contributed by atoms with van der Waals surface area (Å²) in [6.07, 6.45) is 2.03. The standard InChI is InChI=1S/C10H9NS2/c12-10-11(6-7-13-10)8-9-4-2-1-3-5-9/h1-7H,8H2. The highest BCUT2D eigenvalue weighted by Crippen LogP contribution is 2.07. The van der Waals surface area contributed by atoms with Gasteiger partial charge in [0.2, 0.25) is 0 Å². The summed E-state index contributed by atoms with van der Waals surface area (Å²) >= 11 is 6.77. The van der Waals surface area contributed by atoms with Crippen molar-refractivity contribution in [2.45, 2.75) is 6.54 Å². The second kappa shape index (κ2) is 3.85. The first-order valence-corrected chi connectivity index (χ1v) is 5.33. The van der Waals surface area contributed by atoms with Crippen molar-refractivity contribution in [3.63, 3.8) is 0 Å². The first kappa shape index (κ1) is 8.66. The first-order valence-electron chi connectivity index (χ1n) is 4.04. The van der Waals surface area contributed by atoms with E-state index in [-0.39, 0.29) is 0 Å². The van der Waals surface area contributed by atoms with Gasteiger partial charge in [-0.15, -0.1) is 11.3 Å². The molecule has 0 spiro atoms. The summed E-state index contributed by atoms with van der Waals surface area (Å²) in [5.74, 6) is 0. The molecule has 3 heteroatoms. The summed E-state index contributed by atoms with van der Waals surface area (Å²) in [6.45, 7) is 0.878. The lowest BCUT2D eigenvalue weighted by Gasteiger charge is -2.01. The molecule has 0 radical (unpaired) electrons. The molecule has 0 aliphatic rings. The average Bonchev–Trinajstić information content (AvgIpc) is 2.54. The van der Waals surface area contributed by atoms with Gasteiger partial charge in [0, 0.05) is 18.1 Å². The predicted octanol–water partition coefficient (Wildman–Crippen LogP) is 3.33. The van der Waals surface area contributed by atoms with E-state index in [4.69, 9.17) is 12.2 Å². The van der Waals surface area contributed by atoms with E-state index in [0.29, 0.717) is 0 Å². The van der Waals surface area contributed by atoms with E-state index in [1.807, 2.05) is 29.8 Å². The minimum absolute atomic E-state index is 0.878. The van der Waals surface area contributed by atoms with Crippen molar-refractivity contribution in [1.29, 1.82) is 0 Å². The van der Waals surface area contributed by atoms with Crippen LogP contribution in [-0.4, -0.2) is 4.57 Å². The van der Waals surface area contributed by atoms with Crippen LogP contribution in [-0.2, 0) is 6.54 Å². The van der Waals surface area contributed by atoms with Crippen LogP contribution in [0, 0.1) is 3.95 Å². The normalized spacial score (nSPS) is 10.2.